The summed E-state index contributed by atoms with van der Waals surface area (Å²) in [5.41, 5.74) is 3.81. The van der Waals surface area contributed by atoms with E-state index in [9.17, 15) is 4.79 Å². The lowest BCUT2D eigenvalue weighted by Gasteiger charge is -1.95. The molecule has 2 heteroatoms. The zero-order valence-corrected chi connectivity index (χ0v) is 8.87. The number of amides is 1. The SMILES string of the molecule is CC(C)=C/C=C1/C(=O)Nc2ccccc21. The molecule has 1 N–H and O–H groups in total. The fourth-order valence-electron chi connectivity index (χ4n) is 1.55. The molecule has 1 aliphatic heterocycles. The van der Waals surface area contributed by atoms with Crippen LogP contribution in [-0.4, -0.2) is 5.91 Å². The average molecular weight is 199 g/mol. The van der Waals surface area contributed by atoms with Crippen LogP contribution in [0.15, 0.2) is 42.0 Å². The summed E-state index contributed by atoms with van der Waals surface area (Å²) in [6, 6.07) is 7.73. The van der Waals surface area contributed by atoms with Gasteiger partial charge in [-0.1, -0.05) is 29.8 Å². The number of hydrogen-bond donors (Lipinski definition) is 1. The predicted molar refractivity (Wildman–Crippen MR) is 62.5 cm³/mol. The van der Waals surface area contributed by atoms with Gasteiger partial charge in [0.25, 0.3) is 5.91 Å². The number of nitrogens with one attached hydrogen (secondary N) is 1. The van der Waals surface area contributed by atoms with Gasteiger partial charge in [0.05, 0.1) is 0 Å². The lowest BCUT2D eigenvalue weighted by Crippen LogP contribution is -2.03. The number of carbonyl (C=O) groups excluding carboxylic acids is 1. The summed E-state index contributed by atoms with van der Waals surface area (Å²) in [4.78, 5) is 11.6. The molecule has 0 unspecified atom stereocenters. The number of fused-ring (bicyclic) bond motifs is 1. The Morgan fingerprint density at radius 1 is 1.27 bits per heavy atom. The molecule has 0 saturated heterocycles. The normalized spacial score (nSPS) is 16.1. The number of rotatable bonds is 1. The fourth-order valence-corrected chi connectivity index (χ4v) is 1.55. The van der Waals surface area contributed by atoms with Crippen LogP contribution in [0, 0.1) is 0 Å². The number of anilines is 1. The second-order valence-corrected chi connectivity index (χ2v) is 3.82. The highest BCUT2D eigenvalue weighted by atomic mass is 16.1. The molecule has 1 aromatic carbocycles. The van der Waals surface area contributed by atoms with Gasteiger partial charge in [0, 0.05) is 16.8 Å². The largest absolute Gasteiger partial charge is 0.321 e. The van der Waals surface area contributed by atoms with E-state index < -0.39 is 0 Å². The highest BCUT2D eigenvalue weighted by molar-refractivity contribution is 6.31. The van der Waals surface area contributed by atoms with Crippen molar-refractivity contribution in [3.05, 3.63) is 47.6 Å². The number of para-hydroxylation sites is 1. The first-order valence-electron chi connectivity index (χ1n) is 4.94. The third-order valence-corrected chi connectivity index (χ3v) is 2.29. The molecule has 0 bridgehead atoms. The standard InChI is InChI=1S/C13H13NO/c1-9(2)7-8-11-10-5-3-4-6-12(10)14-13(11)15/h3-8H,1-2H3,(H,14,15)/b11-8+. The average Bonchev–Trinajstić information content (AvgIpc) is 2.50. The van der Waals surface area contributed by atoms with Crippen molar-refractivity contribution in [2.75, 3.05) is 5.32 Å². The van der Waals surface area contributed by atoms with Crippen LogP contribution in [0.1, 0.15) is 19.4 Å². The monoisotopic (exact) mass is 199 g/mol. The van der Waals surface area contributed by atoms with Crippen molar-refractivity contribution >= 4 is 17.2 Å². The van der Waals surface area contributed by atoms with Crippen molar-refractivity contribution in [2.24, 2.45) is 0 Å². The van der Waals surface area contributed by atoms with Gasteiger partial charge in [-0.05, 0) is 26.0 Å². The third kappa shape index (κ3) is 1.84. The molecule has 76 valence electrons. The van der Waals surface area contributed by atoms with Gasteiger partial charge in [-0.2, -0.15) is 0 Å². The molecule has 2 rings (SSSR count). The molecule has 0 saturated carbocycles. The van der Waals surface area contributed by atoms with E-state index in [1.165, 1.54) is 5.57 Å². The summed E-state index contributed by atoms with van der Waals surface area (Å²) in [5, 5.41) is 2.83. The Morgan fingerprint density at radius 2 is 2.00 bits per heavy atom. The van der Waals surface area contributed by atoms with Crippen LogP contribution in [0.3, 0.4) is 0 Å². The van der Waals surface area contributed by atoms with Gasteiger partial charge in [0.15, 0.2) is 0 Å². The molecule has 1 aromatic rings. The van der Waals surface area contributed by atoms with Crippen molar-refractivity contribution in [1.29, 1.82) is 0 Å². The van der Waals surface area contributed by atoms with Crippen LogP contribution in [0.25, 0.3) is 5.57 Å². The molecule has 0 spiro atoms. The first-order valence-corrected chi connectivity index (χ1v) is 4.94. The molecule has 0 aromatic heterocycles. The summed E-state index contributed by atoms with van der Waals surface area (Å²) in [7, 11) is 0. The Balaban J connectivity index is 2.47. The molecule has 1 amide bonds. The molecule has 0 aliphatic carbocycles. The summed E-state index contributed by atoms with van der Waals surface area (Å²) in [6.45, 7) is 4.02. The zero-order valence-electron chi connectivity index (χ0n) is 8.87. The van der Waals surface area contributed by atoms with Crippen LogP contribution in [0.2, 0.25) is 0 Å². The van der Waals surface area contributed by atoms with E-state index in [2.05, 4.69) is 5.32 Å². The number of benzene rings is 1. The molecule has 15 heavy (non-hydrogen) atoms. The van der Waals surface area contributed by atoms with Crippen LogP contribution in [0.5, 0.6) is 0 Å². The van der Waals surface area contributed by atoms with Gasteiger partial charge in [0.1, 0.15) is 0 Å². The summed E-state index contributed by atoms with van der Waals surface area (Å²) >= 11 is 0. The second-order valence-electron chi connectivity index (χ2n) is 3.82. The van der Waals surface area contributed by atoms with Crippen LogP contribution >= 0.6 is 0 Å². The number of hydrogen-bond acceptors (Lipinski definition) is 1. The lowest BCUT2D eigenvalue weighted by molar-refractivity contribution is -0.110. The molecular weight excluding hydrogens is 186 g/mol. The summed E-state index contributed by atoms with van der Waals surface area (Å²) < 4.78 is 0. The maximum atomic E-state index is 11.6. The number of allylic oxidation sites excluding steroid dienone is 3. The Kier molecular flexibility index (Phi) is 2.42. The van der Waals surface area contributed by atoms with E-state index >= 15 is 0 Å². The van der Waals surface area contributed by atoms with Crippen molar-refractivity contribution in [3.8, 4) is 0 Å². The zero-order chi connectivity index (χ0) is 10.8. The van der Waals surface area contributed by atoms with Crippen LogP contribution in [-0.2, 0) is 4.79 Å². The van der Waals surface area contributed by atoms with E-state index in [1.807, 2.05) is 50.3 Å². The molecule has 0 radical (unpaired) electrons. The van der Waals surface area contributed by atoms with Crippen molar-refractivity contribution in [3.63, 3.8) is 0 Å². The summed E-state index contributed by atoms with van der Waals surface area (Å²) in [5.74, 6) is -0.0197. The van der Waals surface area contributed by atoms with E-state index in [1.54, 1.807) is 0 Å². The van der Waals surface area contributed by atoms with Gasteiger partial charge in [0.2, 0.25) is 0 Å². The Labute approximate surface area is 89.3 Å². The van der Waals surface area contributed by atoms with Gasteiger partial charge in [-0.15, -0.1) is 0 Å². The van der Waals surface area contributed by atoms with Gasteiger partial charge in [-0.3, -0.25) is 4.79 Å². The van der Waals surface area contributed by atoms with Gasteiger partial charge in [-0.25, -0.2) is 0 Å². The highest BCUT2D eigenvalue weighted by Gasteiger charge is 2.22. The van der Waals surface area contributed by atoms with E-state index in [0.29, 0.717) is 0 Å². The highest BCUT2D eigenvalue weighted by Crippen LogP contribution is 2.31. The first kappa shape index (κ1) is 9.71. The van der Waals surface area contributed by atoms with Crippen molar-refractivity contribution in [1.82, 2.24) is 0 Å². The Bertz CT molecular complexity index is 465. The lowest BCUT2D eigenvalue weighted by atomic mass is 10.1. The van der Waals surface area contributed by atoms with Gasteiger partial charge < -0.3 is 5.32 Å². The van der Waals surface area contributed by atoms with Gasteiger partial charge >= 0.3 is 0 Å². The Morgan fingerprint density at radius 3 is 2.73 bits per heavy atom. The van der Waals surface area contributed by atoms with E-state index in [0.717, 1.165) is 16.8 Å². The predicted octanol–water partition coefficient (Wildman–Crippen LogP) is 2.99. The van der Waals surface area contributed by atoms with Crippen LogP contribution in [0.4, 0.5) is 5.69 Å². The fraction of sp³-hybridized carbons (Fsp3) is 0.154. The minimum absolute atomic E-state index is 0.0197. The van der Waals surface area contributed by atoms with Crippen molar-refractivity contribution in [2.45, 2.75) is 13.8 Å². The molecule has 2 nitrogen and oxygen atoms in total. The topological polar surface area (TPSA) is 29.1 Å². The van der Waals surface area contributed by atoms with Crippen LogP contribution < -0.4 is 5.32 Å². The molecular formula is C13H13NO. The molecule has 0 atom stereocenters. The van der Waals surface area contributed by atoms with Crippen molar-refractivity contribution < 1.29 is 4.79 Å². The van der Waals surface area contributed by atoms with E-state index in [-0.39, 0.29) is 5.91 Å². The molecule has 0 fully saturated rings. The minimum Gasteiger partial charge on any atom is -0.321 e. The summed E-state index contributed by atoms with van der Waals surface area (Å²) in [6.07, 6.45) is 3.83. The second kappa shape index (κ2) is 3.73. The quantitative estimate of drug-likeness (QED) is 0.692. The van der Waals surface area contributed by atoms with E-state index in [4.69, 9.17) is 0 Å². The minimum atomic E-state index is -0.0197. The maximum Gasteiger partial charge on any atom is 0.256 e. The first-order chi connectivity index (χ1) is 7.18. The number of carbonyl (C=O) groups is 1. The maximum absolute atomic E-state index is 11.6. The molecule has 1 aliphatic rings. The third-order valence-electron chi connectivity index (χ3n) is 2.29. The smallest absolute Gasteiger partial charge is 0.256 e. The molecule has 1 heterocycles. The Hall–Kier alpha value is -1.83.